The molecule has 544 valence electrons. The van der Waals surface area contributed by atoms with E-state index in [9.17, 15) is 107 Å². The normalized spacial score (nSPS) is 51.1. The van der Waals surface area contributed by atoms with E-state index in [1.165, 1.54) is 19.3 Å². The van der Waals surface area contributed by atoms with Gasteiger partial charge in [0.15, 0.2) is 44.0 Å². The van der Waals surface area contributed by atoms with Gasteiger partial charge in [-0.3, -0.25) is 4.79 Å². The van der Waals surface area contributed by atoms with E-state index < -0.39 is 255 Å². The van der Waals surface area contributed by atoms with Gasteiger partial charge in [-0.05, 0) is 56.4 Å². The molecule has 94 heavy (non-hydrogen) atoms. The highest BCUT2D eigenvalue weighted by Crippen LogP contribution is 2.49. The molecular weight excluding hydrogens is 1270 g/mol. The quantitative estimate of drug-likeness (QED) is 0.0601. The first-order chi connectivity index (χ1) is 45.0. The molecule has 37 nitrogen and oxygen atoms in total. The molecule has 16 bridgehead atoms. The number of nitrogens with one attached hydrogen (secondary N) is 2. The minimum atomic E-state index is -2.21. The Hall–Kier alpha value is -1.93. The zero-order chi connectivity index (χ0) is 67.6. The molecular formula is C57H96N2O35. The fourth-order valence-electron chi connectivity index (χ4n) is 14.6. The number of fused-ring (bicyclic) bond motifs is 2. The predicted molar refractivity (Wildman–Crippen MR) is 299 cm³/mol. The van der Waals surface area contributed by atoms with E-state index in [2.05, 4.69) is 10.6 Å². The Morgan fingerprint density at radius 1 is 0.309 bits per heavy atom. The Bertz CT molecular complexity index is 2320. The zero-order valence-corrected chi connectivity index (χ0v) is 51.2. The van der Waals surface area contributed by atoms with Gasteiger partial charge in [0.25, 0.3) is 0 Å². The molecule has 22 N–H and O–H groups in total. The first-order valence-electron chi connectivity index (χ1n) is 32.4. The van der Waals surface area contributed by atoms with Crippen LogP contribution in [0, 0.1) is 17.8 Å². The van der Waals surface area contributed by atoms with E-state index in [1.54, 1.807) is 0 Å². The third kappa shape index (κ3) is 16.0. The van der Waals surface area contributed by atoms with Crippen LogP contribution in [-0.4, -0.2) is 382 Å². The summed E-state index contributed by atoms with van der Waals surface area (Å²) in [5, 5.41) is 231. The van der Waals surface area contributed by atoms with Crippen LogP contribution >= 0.6 is 0 Å². The van der Waals surface area contributed by atoms with E-state index in [1.807, 2.05) is 0 Å². The van der Waals surface area contributed by atoms with Gasteiger partial charge in [-0.1, -0.05) is 19.3 Å². The smallest absolute Gasteiger partial charge is 0.220 e. The van der Waals surface area contributed by atoms with Gasteiger partial charge in [-0.2, -0.15) is 0 Å². The molecule has 0 aromatic heterocycles. The maximum absolute atomic E-state index is 12.7. The number of unbranched alkanes of at least 4 members (excludes halogenated alkanes) is 3. The number of carbonyl (C=O) groups is 1. The molecule has 0 radical (unpaired) electrons. The van der Waals surface area contributed by atoms with Gasteiger partial charge in [-0.15, -0.1) is 0 Å². The van der Waals surface area contributed by atoms with E-state index in [0.29, 0.717) is 50.6 Å². The minimum absolute atomic E-state index is 0.0461. The maximum Gasteiger partial charge on any atom is 0.220 e. The van der Waals surface area contributed by atoms with Crippen LogP contribution in [0.2, 0.25) is 0 Å². The van der Waals surface area contributed by atoms with Gasteiger partial charge < -0.3 is 179 Å². The van der Waals surface area contributed by atoms with Crippen LogP contribution in [0.4, 0.5) is 0 Å². The van der Waals surface area contributed by atoms with Crippen molar-refractivity contribution in [2.24, 2.45) is 17.8 Å². The summed E-state index contributed by atoms with van der Waals surface area (Å²) in [6.45, 7) is -5.62. The largest absolute Gasteiger partial charge is 0.394 e. The third-order valence-electron chi connectivity index (χ3n) is 19.9. The van der Waals surface area contributed by atoms with E-state index in [0.717, 1.165) is 18.8 Å². The first-order valence-corrected chi connectivity index (χ1v) is 32.4. The lowest BCUT2D eigenvalue weighted by Crippen LogP contribution is -2.68. The van der Waals surface area contributed by atoms with Crippen LogP contribution in [0.15, 0.2) is 0 Å². The standard InChI is InChI=1S/C57H96N2O35/c60-13-23-45-32(69)39(76)53(83-23)91-47-25(15-62)85-55(41(78)34(47)71)93-49-27(17-64)87-57(43(80)36(49)73)94-50-28(18-65)86-56(42(79)35(50)72)92-48-26(16-63)84-54(40(77)33(48)70)90-46-24(14-61)82-52(38(75)31(46)68)88-44-22(81-51(89-45)37(74)30(44)67)12-58-7-3-1-2-4-8-59-29(66)11-21-10-19-5-6-20(21)9-19/h19-28,30-58,60-65,67-80H,1-18H2,(H,59,66)/t19-,20+,21?,22-,23-,24-,25-,26-,27-,28-,30-,31-,32-,33-,34-,35-,36-,37-,38-,39-,40-,41-,42-,43-,44-,45-,46-,47-,48-,49-,50-,51-,52-,53-,54-,55-,56-,57-/m1/s1. The van der Waals surface area contributed by atoms with Crippen LogP contribution in [0.3, 0.4) is 0 Å². The predicted octanol–water partition coefficient (Wildman–Crippen LogP) is -12.1. The van der Waals surface area contributed by atoms with Crippen molar-refractivity contribution in [1.29, 1.82) is 0 Å². The lowest BCUT2D eigenvalue weighted by atomic mass is 9.86. The molecule has 0 aromatic rings. The fourth-order valence-corrected chi connectivity index (χ4v) is 14.6. The molecule has 1 unspecified atom stereocenters. The summed E-state index contributed by atoms with van der Waals surface area (Å²) in [6.07, 6.45) is -61.3. The summed E-state index contributed by atoms with van der Waals surface area (Å²) in [4.78, 5) is 12.7. The van der Waals surface area contributed by atoms with Crippen molar-refractivity contribution in [2.45, 2.75) is 273 Å². The second kappa shape index (κ2) is 33.2. The highest BCUT2D eigenvalue weighted by molar-refractivity contribution is 5.76. The van der Waals surface area contributed by atoms with Gasteiger partial charge in [0.1, 0.15) is 171 Å². The number of hydrogen-bond donors (Lipinski definition) is 22. The highest BCUT2D eigenvalue weighted by atomic mass is 16.8. The Morgan fingerprint density at radius 3 is 0.830 bits per heavy atom. The Balaban J connectivity index is 0.874. The third-order valence-corrected chi connectivity index (χ3v) is 19.9. The summed E-state index contributed by atoms with van der Waals surface area (Å²) in [5.41, 5.74) is 0. The molecule has 2 aliphatic carbocycles. The summed E-state index contributed by atoms with van der Waals surface area (Å²) in [7, 11) is 0. The second-order valence-corrected chi connectivity index (χ2v) is 26.1. The van der Waals surface area contributed by atoms with Crippen LogP contribution in [0.1, 0.15) is 57.8 Å². The molecule has 2 saturated carbocycles. The number of aliphatic hydroxyl groups is 20. The van der Waals surface area contributed by atoms with Crippen molar-refractivity contribution in [1.82, 2.24) is 10.6 Å². The van der Waals surface area contributed by atoms with Gasteiger partial charge in [0.2, 0.25) is 5.91 Å². The lowest BCUT2D eigenvalue weighted by molar-refractivity contribution is -0.396. The summed E-state index contributed by atoms with van der Waals surface area (Å²) < 4.78 is 81.9. The highest BCUT2D eigenvalue weighted by Gasteiger charge is 2.60. The van der Waals surface area contributed by atoms with Crippen LogP contribution in [-0.2, 0) is 71.1 Å². The Labute approximate surface area is 538 Å². The Kier molecular flexibility index (Phi) is 26.4. The van der Waals surface area contributed by atoms with Crippen molar-refractivity contribution in [3.63, 3.8) is 0 Å². The first kappa shape index (κ1) is 74.8. The van der Waals surface area contributed by atoms with Gasteiger partial charge >= 0.3 is 0 Å². The molecule has 0 aromatic carbocycles. The minimum Gasteiger partial charge on any atom is -0.394 e. The van der Waals surface area contributed by atoms with Crippen molar-refractivity contribution >= 4 is 5.91 Å². The number of hydrogen-bond acceptors (Lipinski definition) is 36. The molecule has 38 atom stereocenters. The van der Waals surface area contributed by atoms with Crippen molar-refractivity contribution < 1.29 is 173 Å². The summed E-state index contributed by atoms with van der Waals surface area (Å²) in [5.74, 6) is 1.85. The molecule has 23 fully saturated rings. The number of rotatable bonds is 17. The molecule has 1 amide bonds. The van der Waals surface area contributed by atoms with Crippen molar-refractivity contribution in [3.8, 4) is 0 Å². The molecule has 0 spiro atoms. The topological polar surface area (TPSA) is 575 Å². The number of aliphatic hydroxyl groups excluding tert-OH is 20. The monoisotopic (exact) mass is 1370 g/mol. The van der Waals surface area contributed by atoms with E-state index in [4.69, 9.17) is 66.3 Å². The van der Waals surface area contributed by atoms with E-state index >= 15 is 0 Å². The van der Waals surface area contributed by atoms with Crippen LogP contribution < -0.4 is 10.6 Å². The molecule has 37 heteroatoms. The average molecular weight is 1370 g/mol. The molecule has 21 aliphatic heterocycles. The molecule has 21 saturated heterocycles. The maximum atomic E-state index is 12.7. The second-order valence-electron chi connectivity index (χ2n) is 26.1. The van der Waals surface area contributed by atoms with Crippen molar-refractivity contribution in [3.05, 3.63) is 0 Å². The zero-order valence-electron chi connectivity index (χ0n) is 51.2. The van der Waals surface area contributed by atoms with Gasteiger partial charge in [0, 0.05) is 19.5 Å². The van der Waals surface area contributed by atoms with Crippen molar-refractivity contribution in [2.75, 3.05) is 59.3 Å². The SMILES string of the molecule is O=C(CC1C[C@@H]2CC[C@H]1C2)NCCCCCCNC[C@H]1O[C@@H]2O[C@H]3[C@H](O)[C@@H](O)[C@@H](O[C@H]4[C@H](O)[C@@H](O)[C@@H](O[C@H]5[C@H](O)[C@@H](O)[C@@H](O[C@H]6[C@H](O)[C@@H](O)[C@@H](O[C@H]7[C@H](O)[C@@H](O)[C@@H](O[C@H]8[C@H](O)[C@@H](O)[C@@H](O[C@H]1[C@H](O)[C@H]2O)O[C@@H]8CO)O[C@@H]7CO)O[C@@H]6CO)O[C@@H]5CO)O[C@@H]4CO)O[C@@H]3CO. The fraction of sp³-hybridized carbons (Fsp3) is 0.982. The Morgan fingerprint density at radius 2 is 0.574 bits per heavy atom. The number of carbonyl (C=O) groups excluding carboxylic acids is 1. The van der Waals surface area contributed by atoms with Crippen LogP contribution in [0.5, 0.6) is 0 Å². The average Bonchev–Trinajstić information content (AvgIpc) is 0.985. The van der Waals surface area contributed by atoms with Crippen LogP contribution in [0.25, 0.3) is 0 Å². The molecule has 23 aliphatic rings. The molecule has 23 rings (SSSR count). The number of amides is 1. The van der Waals surface area contributed by atoms with E-state index in [-0.39, 0.29) is 12.5 Å². The number of ether oxygens (including phenoxy) is 14. The van der Waals surface area contributed by atoms with Gasteiger partial charge in [0.05, 0.1) is 39.6 Å². The molecule has 21 heterocycles. The van der Waals surface area contributed by atoms with Gasteiger partial charge in [-0.25, -0.2) is 0 Å². The summed E-state index contributed by atoms with van der Waals surface area (Å²) >= 11 is 0. The lowest BCUT2D eigenvalue weighted by Gasteiger charge is -2.50. The summed E-state index contributed by atoms with van der Waals surface area (Å²) in [6, 6.07) is 0.